The van der Waals surface area contributed by atoms with Gasteiger partial charge in [0.25, 0.3) is 0 Å². The Balaban J connectivity index is 1.81. The molecule has 138 valence electrons. The molecule has 0 saturated heterocycles. The van der Waals surface area contributed by atoms with E-state index in [9.17, 15) is 13.2 Å². The normalized spacial score (nSPS) is 14.7. The fraction of sp³-hybridized carbons (Fsp3) is 0.278. The number of nitrogens with zero attached hydrogens (tertiary/aromatic N) is 1. The molecule has 2 aromatic rings. The molecule has 0 fully saturated rings. The maximum Gasteiger partial charge on any atom is 0.250 e. The lowest BCUT2D eigenvalue weighted by atomic mass is 10.0. The molecule has 0 spiro atoms. The van der Waals surface area contributed by atoms with Gasteiger partial charge in [0, 0.05) is 30.9 Å². The van der Waals surface area contributed by atoms with Gasteiger partial charge in [0.05, 0.1) is 4.90 Å². The number of halogens is 1. The Hall–Kier alpha value is -1.93. The van der Waals surface area contributed by atoms with Gasteiger partial charge in [-0.05, 0) is 53.9 Å². The van der Waals surface area contributed by atoms with Crippen molar-refractivity contribution in [1.29, 1.82) is 0 Å². The van der Waals surface area contributed by atoms with Crippen LogP contribution >= 0.6 is 11.6 Å². The van der Waals surface area contributed by atoms with Crippen LogP contribution in [0, 0.1) is 0 Å². The summed E-state index contributed by atoms with van der Waals surface area (Å²) < 4.78 is 31.9. The molecule has 0 unspecified atom stereocenters. The van der Waals surface area contributed by atoms with Gasteiger partial charge >= 0.3 is 0 Å². The molecular weight excluding hydrogens is 376 g/mol. The van der Waals surface area contributed by atoms with Crippen molar-refractivity contribution in [2.75, 3.05) is 25.6 Å². The summed E-state index contributed by atoms with van der Waals surface area (Å²) in [4.78, 5) is 11.9. The highest BCUT2D eigenvalue weighted by molar-refractivity contribution is 7.89. The highest BCUT2D eigenvalue weighted by atomic mass is 35.5. The molecule has 1 heterocycles. The molecule has 26 heavy (non-hydrogen) atoms. The number of sulfonamides is 1. The Kier molecular flexibility index (Phi) is 5.62. The molecule has 0 saturated carbocycles. The number of rotatable bonds is 5. The van der Waals surface area contributed by atoms with E-state index in [-0.39, 0.29) is 24.0 Å². The predicted molar refractivity (Wildman–Crippen MR) is 99.7 cm³/mol. The number of fused-ring (bicyclic) bond motifs is 1. The Morgan fingerprint density at radius 3 is 2.62 bits per heavy atom. The monoisotopic (exact) mass is 394 g/mol. The molecule has 0 atom stereocenters. The first-order valence-corrected chi connectivity index (χ1v) is 9.88. The summed E-state index contributed by atoms with van der Waals surface area (Å²) in [5.74, 6) is -0.256. The molecule has 1 aliphatic heterocycles. The molecule has 0 aliphatic carbocycles. The summed E-state index contributed by atoms with van der Waals surface area (Å²) in [6, 6.07) is 11.7. The molecule has 1 N–H and O–H groups in total. The van der Waals surface area contributed by atoms with E-state index >= 15 is 0 Å². The predicted octanol–water partition coefficient (Wildman–Crippen LogP) is 2.67. The molecule has 3 rings (SSSR count). The van der Waals surface area contributed by atoms with E-state index < -0.39 is 10.0 Å². The van der Waals surface area contributed by atoms with Crippen molar-refractivity contribution in [2.45, 2.75) is 17.9 Å². The van der Waals surface area contributed by atoms with Crippen LogP contribution in [0.1, 0.15) is 11.1 Å². The fourth-order valence-corrected chi connectivity index (χ4v) is 4.44. The van der Waals surface area contributed by atoms with Crippen molar-refractivity contribution in [3.63, 3.8) is 0 Å². The molecule has 8 heteroatoms. The zero-order chi connectivity index (χ0) is 18.7. The third-order valence-corrected chi connectivity index (χ3v) is 6.31. The van der Waals surface area contributed by atoms with Crippen molar-refractivity contribution < 1.29 is 17.9 Å². The molecule has 0 radical (unpaired) electrons. The number of amides is 1. The van der Waals surface area contributed by atoms with Crippen LogP contribution in [0.3, 0.4) is 0 Å². The van der Waals surface area contributed by atoms with Gasteiger partial charge in [-0.3, -0.25) is 4.79 Å². The first-order chi connectivity index (χ1) is 12.4. The minimum absolute atomic E-state index is 0.0336. The Labute approximate surface area is 157 Å². The van der Waals surface area contributed by atoms with Gasteiger partial charge < -0.3 is 10.1 Å². The summed E-state index contributed by atoms with van der Waals surface area (Å²) in [7, 11) is -2.15. The number of hydrogen-bond donors (Lipinski definition) is 1. The molecule has 1 amide bonds. The minimum atomic E-state index is -3.60. The lowest BCUT2D eigenvalue weighted by molar-refractivity contribution is -0.119. The van der Waals surface area contributed by atoms with E-state index in [1.807, 2.05) is 18.2 Å². The van der Waals surface area contributed by atoms with Crippen LogP contribution in [0.25, 0.3) is 0 Å². The zero-order valence-electron chi connectivity index (χ0n) is 14.2. The number of carbonyl (C=O) groups is 1. The van der Waals surface area contributed by atoms with E-state index in [0.29, 0.717) is 23.7 Å². The third-order valence-electron chi connectivity index (χ3n) is 4.19. The van der Waals surface area contributed by atoms with Crippen molar-refractivity contribution in [3.8, 4) is 0 Å². The van der Waals surface area contributed by atoms with E-state index in [0.717, 1.165) is 11.1 Å². The highest BCUT2D eigenvalue weighted by Gasteiger charge is 2.28. The van der Waals surface area contributed by atoms with Crippen LogP contribution in [0.4, 0.5) is 5.69 Å². The number of ether oxygens (including phenoxy) is 1. The van der Waals surface area contributed by atoms with E-state index in [2.05, 4.69) is 5.32 Å². The van der Waals surface area contributed by atoms with Gasteiger partial charge in [-0.15, -0.1) is 0 Å². The number of nitrogens with one attached hydrogen (secondary N) is 1. The number of benzene rings is 2. The fourth-order valence-electron chi connectivity index (χ4n) is 2.90. The van der Waals surface area contributed by atoms with E-state index in [1.54, 1.807) is 12.1 Å². The van der Waals surface area contributed by atoms with Gasteiger partial charge in [-0.25, -0.2) is 8.42 Å². The molecule has 0 bridgehead atoms. The number of methoxy groups -OCH3 is 1. The number of anilines is 1. The second-order valence-electron chi connectivity index (χ2n) is 6.01. The van der Waals surface area contributed by atoms with Crippen LogP contribution in [0.5, 0.6) is 0 Å². The maximum absolute atomic E-state index is 12.9. The second kappa shape index (κ2) is 7.75. The molecule has 2 aromatic carbocycles. The first-order valence-electron chi connectivity index (χ1n) is 8.06. The Bertz CT molecular complexity index is 913. The Morgan fingerprint density at radius 1 is 1.19 bits per heavy atom. The lowest BCUT2D eigenvalue weighted by Gasteiger charge is -2.28. The van der Waals surface area contributed by atoms with Crippen LogP contribution in [0.2, 0.25) is 5.02 Å². The van der Waals surface area contributed by atoms with Crippen molar-refractivity contribution in [1.82, 2.24) is 4.31 Å². The topological polar surface area (TPSA) is 75.7 Å². The highest BCUT2D eigenvalue weighted by Crippen LogP contribution is 2.27. The molecular formula is C18H19ClN2O4S. The standard InChI is InChI=1S/C18H19ClN2O4S/c1-25-12-18(22)20-16-5-2-13-8-9-21(11-14(13)10-16)26(23,24)17-6-3-15(19)4-7-17/h2-7,10H,8-9,11-12H2,1H3,(H,20,22). The summed E-state index contributed by atoms with van der Waals surface area (Å²) in [6.45, 7) is 0.635. The SMILES string of the molecule is COCC(=O)Nc1ccc2c(c1)CN(S(=O)(=O)c1ccc(Cl)cc1)CC2. The third kappa shape index (κ3) is 4.07. The average Bonchev–Trinajstić information content (AvgIpc) is 2.61. The quantitative estimate of drug-likeness (QED) is 0.845. The van der Waals surface area contributed by atoms with Gasteiger partial charge in [0.1, 0.15) is 6.61 Å². The van der Waals surface area contributed by atoms with Crippen LogP contribution < -0.4 is 5.32 Å². The van der Waals surface area contributed by atoms with Crippen LogP contribution in [-0.2, 0) is 32.5 Å². The lowest BCUT2D eigenvalue weighted by Crippen LogP contribution is -2.36. The van der Waals surface area contributed by atoms with Gasteiger partial charge in [0.15, 0.2) is 0 Å². The minimum Gasteiger partial charge on any atom is -0.375 e. The summed E-state index contributed by atoms with van der Waals surface area (Å²) >= 11 is 5.84. The summed E-state index contributed by atoms with van der Waals surface area (Å²) in [5.41, 5.74) is 2.58. The van der Waals surface area contributed by atoms with E-state index in [4.69, 9.17) is 16.3 Å². The molecule has 0 aromatic heterocycles. The van der Waals surface area contributed by atoms with Crippen molar-refractivity contribution in [2.24, 2.45) is 0 Å². The number of hydrogen-bond acceptors (Lipinski definition) is 4. The van der Waals surface area contributed by atoms with Crippen LogP contribution in [0.15, 0.2) is 47.4 Å². The second-order valence-corrected chi connectivity index (χ2v) is 8.38. The average molecular weight is 395 g/mol. The Morgan fingerprint density at radius 2 is 1.92 bits per heavy atom. The number of carbonyl (C=O) groups excluding carboxylic acids is 1. The first kappa shape index (κ1) is 18.8. The summed E-state index contributed by atoms with van der Waals surface area (Å²) in [6.07, 6.45) is 0.619. The van der Waals surface area contributed by atoms with Crippen molar-refractivity contribution >= 4 is 33.2 Å². The molecule has 1 aliphatic rings. The van der Waals surface area contributed by atoms with Gasteiger partial charge in [0.2, 0.25) is 15.9 Å². The van der Waals surface area contributed by atoms with E-state index in [1.165, 1.54) is 23.5 Å². The van der Waals surface area contributed by atoms with Crippen molar-refractivity contribution in [3.05, 3.63) is 58.6 Å². The largest absolute Gasteiger partial charge is 0.375 e. The maximum atomic E-state index is 12.9. The van der Waals surface area contributed by atoms with Gasteiger partial charge in [-0.1, -0.05) is 17.7 Å². The van der Waals surface area contributed by atoms with Gasteiger partial charge in [-0.2, -0.15) is 4.31 Å². The summed E-state index contributed by atoms with van der Waals surface area (Å²) in [5, 5.41) is 3.23. The molecule has 6 nitrogen and oxygen atoms in total. The zero-order valence-corrected chi connectivity index (χ0v) is 15.8. The van der Waals surface area contributed by atoms with Crippen LogP contribution in [-0.4, -0.2) is 38.9 Å². The smallest absolute Gasteiger partial charge is 0.250 e.